The molecule has 0 spiro atoms. The highest BCUT2D eigenvalue weighted by Gasteiger charge is 2.07. The van der Waals surface area contributed by atoms with E-state index >= 15 is 0 Å². The number of para-hydroxylation sites is 3. The van der Waals surface area contributed by atoms with E-state index < -0.39 is 0 Å². The van der Waals surface area contributed by atoms with Gasteiger partial charge in [-0.1, -0.05) is 24.3 Å². The highest BCUT2D eigenvalue weighted by molar-refractivity contribution is 5.86. The first-order valence-electron chi connectivity index (χ1n) is 7.49. The van der Waals surface area contributed by atoms with E-state index in [1.807, 2.05) is 6.07 Å². The summed E-state index contributed by atoms with van der Waals surface area (Å²) >= 11 is 0. The smallest absolute Gasteiger partial charge is 0.153 e. The number of benzene rings is 3. The second-order valence-corrected chi connectivity index (χ2v) is 5.18. The zero-order chi connectivity index (χ0) is 17.6. The number of nitriles is 1. The summed E-state index contributed by atoms with van der Waals surface area (Å²) in [4.78, 5) is 4.34. The van der Waals surface area contributed by atoms with Crippen LogP contribution in [0.2, 0.25) is 0 Å². The molecule has 0 fully saturated rings. The summed E-state index contributed by atoms with van der Waals surface area (Å²) in [6, 6.07) is 20.4. The number of nitrogens with zero attached hydrogens (tertiary/aromatic N) is 2. The fourth-order valence-corrected chi connectivity index (χ4v) is 2.20. The molecule has 0 bridgehead atoms. The maximum absolute atomic E-state index is 9.82. The lowest BCUT2D eigenvalue weighted by Gasteiger charge is -2.09. The molecule has 25 heavy (non-hydrogen) atoms. The third-order valence-electron chi connectivity index (χ3n) is 3.45. The first kappa shape index (κ1) is 16.1. The number of phenolic OH excluding ortho intramolecular Hbond substituents is 2. The molecule has 0 saturated heterocycles. The lowest BCUT2D eigenvalue weighted by atomic mass is 10.2. The first-order valence-corrected chi connectivity index (χ1v) is 7.49. The molecule has 0 radical (unpaired) electrons. The highest BCUT2D eigenvalue weighted by atomic mass is 16.5. The van der Waals surface area contributed by atoms with Crippen molar-refractivity contribution in [1.29, 1.82) is 5.26 Å². The Balaban J connectivity index is 1.91. The summed E-state index contributed by atoms with van der Waals surface area (Å²) in [6.07, 6.45) is 1.48. The van der Waals surface area contributed by atoms with Gasteiger partial charge in [-0.2, -0.15) is 5.26 Å². The third kappa shape index (κ3) is 3.77. The third-order valence-corrected chi connectivity index (χ3v) is 3.45. The second kappa shape index (κ2) is 7.20. The summed E-state index contributed by atoms with van der Waals surface area (Å²) in [5.74, 6) is 0.836. The van der Waals surface area contributed by atoms with Crippen LogP contribution in [0.1, 0.15) is 11.1 Å². The maximum Gasteiger partial charge on any atom is 0.153 e. The summed E-state index contributed by atoms with van der Waals surface area (Å²) in [5, 5.41) is 28.3. The molecular formula is C20H14N2O3. The van der Waals surface area contributed by atoms with Gasteiger partial charge in [-0.3, -0.25) is 4.99 Å². The Labute approximate surface area is 144 Å². The number of aliphatic imine (C=N–C) groups is 1. The van der Waals surface area contributed by atoms with E-state index in [0.717, 1.165) is 0 Å². The molecule has 0 aliphatic carbocycles. The highest BCUT2D eigenvalue weighted by Crippen LogP contribution is 2.33. The Kier molecular flexibility index (Phi) is 4.63. The largest absolute Gasteiger partial charge is 0.508 e. The van der Waals surface area contributed by atoms with Crippen molar-refractivity contribution in [3.63, 3.8) is 0 Å². The van der Waals surface area contributed by atoms with Crippen molar-refractivity contribution >= 4 is 11.9 Å². The predicted molar refractivity (Wildman–Crippen MR) is 94.7 cm³/mol. The van der Waals surface area contributed by atoms with Gasteiger partial charge in [0.25, 0.3) is 0 Å². The molecule has 3 rings (SSSR count). The van der Waals surface area contributed by atoms with E-state index in [2.05, 4.69) is 11.1 Å². The van der Waals surface area contributed by atoms with E-state index in [1.54, 1.807) is 48.5 Å². The van der Waals surface area contributed by atoms with Crippen LogP contribution in [-0.2, 0) is 0 Å². The minimum absolute atomic E-state index is 0.0218. The van der Waals surface area contributed by atoms with Crippen LogP contribution in [0.4, 0.5) is 5.69 Å². The van der Waals surface area contributed by atoms with E-state index in [4.69, 9.17) is 10.00 Å². The number of hydrogen-bond donors (Lipinski definition) is 2. The molecule has 122 valence electrons. The lowest BCUT2D eigenvalue weighted by molar-refractivity contribution is 0.450. The summed E-state index contributed by atoms with van der Waals surface area (Å²) in [7, 11) is 0. The molecule has 0 aromatic heterocycles. The Morgan fingerprint density at radius 2 is 1.64 bits per heavy atom. The van der Waals surface area contributed by atoms with Gasteiger partial charge >= 0.3 is 0 Å². The van der Waals surface area contributed by atoms with Crippen LogP contribution in [0.15, 0.2) is 71.7 Å². The van der Waals surface area contributed by atoms with E-state index in [1.165, 1.54) is 18.3 Å². The summed E-state index contributed by atoms with van der Waals surface area (Å²) in [6.45, 7) is 0. The molecule has 0 saturated carbocycles. The maximum atomic E-state index is 9.82. The van der Waals surface area contributed by atoms with E-state index in [-0.39, 0.29) is 11.5 Å². The first-order chi connectivity index (χ1) is 12.2. The Morgan fingerprint density at radius 3 is 2.40 bits per heavy atom. The predicted octanol–water partition coefficient (Wildman–Crippen LogP) is 4.51. The Bertz CT molecular complexity index is 975. The second-order valence-electron chi connectivity index (χ2n) is 5.18. The average Bonchev–Trinajstić information content (AvgIpc) is 2.62. The molecule has 0 aliphatic rings. The zero-order valence-corrected chi connectivity index (χ0v) is 13.1. The van der Waals surface area contributed by atoms with Crippen molar-refractivity contribution in [3.8, 4) is 29.1 Å². The Morgan fingerprint density at radius 1 is 0.920 bits per heavy atom. The fourth-order valence-electron chi connectivity index (χ4n) is 2.20. The van der Waals surface area contributed by atoms with Crippen LogP contribution in [0, 0.1) is 11.3 Å². The summed E-state index contributed by atoms with van der Waals surface area (Å²) < 4.78 is 5.83. The molecule has 0 unspecified atom stereocenters. The molecule has 3 aromatic carbocycles. The van der Waals surface area contributed by atoms with Gasteiger partial charge in [0, 0.05) is 17.8 Å². The number of aromatic hydroxyl groups is 2. The van der Waals surface area contributed by atoms with Crippen molar-refractivity contribution in [2.24, 2.45) is 4.99 Å². The van der Waals surface area contributed by atoms with Gasteiger partial charge in [0.15, 0.2) is 5.75 Å². The topological polar surface area (TPSA) is 85.8 Å². The molecule has 3 aromatic rings. The van der Waals surface area contributed by atoms with Gasteiger partial charge < -0.3 is 14.9 Å². The van der Waals surface area contributed by atoms with Gasteiger partial charge in [0.1, 0.15) is 29.0 Å². The van der Waals surface area contributed by atoms with Gasteiger partial charge in [-0.25, -0.2) is 0 Å². The monoisotopic (exact) mass is 330 g/mol. The molecule has 2 N–H and O–H groups in total. The molecule has 0 amide bonds. The molecule has 0 heterocycles. The molecule has 5 heteroatoms. The van der Waals surface area contributed by atoms with Crippen LogP contribution >= 0.6 is 0 Å². The van der Waals surface area contributed by atoms with Crippen molar-refractivity contribution in [1.82, 2.24) is 0 Å². The van der Waals surface area contributed by atoms with Crippen LogP contribution in [0.5, 0.6) is 23.0 Å². The minimum Gasteiger partial charge on any atom is -0.508 e. The van der Waals surface area contributed by atoms with Crippen molar-refractivity contribution < 1.29 is 14.9 Å². The number of hydrogen-bond acceptors (Lipinski definition) is 5. The van der Waals surface area contributed by atoms with Crippen LogP contribution in [0.25, 0.3) is 0 Å². The average molecular weight is 330 g/mol. The number of rotatable bonds is 4. The van der Waals surface area contributed by atoms with Crippen LogP contribution in [-0.4, -0.2) is 16.4 Å². The standard InChI is InChI=1S/C20H14N2O3/c21-12-14-5-1-3-7-19(14)25-20-8-4-2-6-17(20)22-13-15-9-10-16(23)11-18(15)24/h1-11,13,23-24H. The van der Waals surface area contributed by atoms with Gasteiger partial charge in [-0.15, -0.1) is 0 Å². The Hall–Kier alpha value is -3.78. The fraction of sp³-hybridized carbons (Fsp3) is 0. The molecular weight excluding hydrogens is 316 g/mol. The van der Waals surface area contributed by atoms with Crippen molar-refractivity contribution in [3.05, 3.63) is 77.9 Å². The van der Waals surface area contributed by atoms with Gasteiger partial charge in [0.2, 0.25) is 0 Å². The SMILES string of the molecule is N#Cc1ccccc1Oc1ccccc1N=Cc1ccc(O)cc1O. The van der Waals surface area contributed by atoms with E-state index in [0.29, 0.717) is 28.3 Å². The zero-order valence-electron chi connectivity index (χ0n) is 13.1. The van der Waals surface area contributed by atoms with E-state index in [9.17, 15) is 10.2 Å². The lowest BCUT2D eigenvalue weighted by Crippen LogP contribution is -1.89. The quantitative estimate of drug-likeness (QED) is 0.689. The minimum atomic E-state index is -0.0722. The van der Waals surface area contributed by atoms with Crippen molar-refractivity contribution in [2.45, 2.75) is 0 Å². The van der Waals surface area contributed by atoms with Crippen LogP contribution < -0.4 is 4.74 Å². The number of ether oxygens (including phenoxy) is 1. The molecule has 0 atom stereocenters. The normalized spacial score (nSPS) is 10.5. The van der Waals surface area contributed by atoms with Crippen LogP contribution in [0.3, 0.4) is 0 Å². The molecule has 0 aliphatic heterocycles. The van der Waals surface area contributed by atoms with Gasteiger partial charge in [0.05, 0.1) is 5.56 Å². The number of phenols is 2. The molecule has 5 nitrogen and oxygen atoms in total. The van der Waals surface area contributed by atoms with Crippen molar-refractivity contribution in [2.75, 3.05) is 0 Å². The summed E-state index contributed by atoms with van der Waals surface area (Å²) in [5.41, 5.74) is 1.44. The van der Waals surface area contributed by atoms with Gasteiger partial charge in [-0.05, 0) is 36.4 Å².